The predicted molar refractivity (Wildman–Crippen MR) is 110 cm³/mol. The molecule has 0 atom stereocenters. The van der Waals surface area contributed by atoms with Crippen LogP contribution in [0.5, 0.6) is 5.75 Å². The number of hydrogen-bond acceptors (Lipinski definition) is 6. The van der Waals surface area contributed by atoms with Crippen molar-refractivity contribution in [1.82, 2.24) is 15.0 Å². The number of ether oxygens (including phenoxy) is 1. The van der Waals surface area contributed by atoms with Crippen LogP contribution in [-0.2, 0) is 19.3 Å². The molecule has 1 N–H and O–H groups in total. The fraction of sp³-hybridized carbons (Fsp3) is 0.286. The molecule has 5 nitrogen and oxygen atoms in total. The van der Waals surface area contributed by atoms with Crippen LogP contribution in [0.4, 0.5) is 10.2 Å². The fourth-order valence-corrected chi connectivity index (χ4v) is 4.87. The van der Waals surface area contributed by atoms with Crippen molar-refractivity contribution in [3.63, 3.8) is 0 Å². The summed E-state index contributed by atoms with van der Waals surface area (Å²) in [6, 6.07) is 7.30. The number of halogens is 1. The quantitative estimate of drug-likeness (QED) is 0.539. The number of pyridine rings is 1. The summed E-state index contributed by atoms with van der Waals surface area (Å²) in [5, 5.41) is 4.49. The van der Waals surface area contributed by atoms with E-state index in [1.54, 1.807) is 23.7 Å². The first-order valence-corrected chi connectivity index (χ1v) is 10.2. The molecule has 1 aliphatic rings. The average Bonchev–Trinajstić information content (AvgIpc) is 3.30. The van der Waals surface area contributed by atoms with Gasteiger partial charge in [0.05, 0.1) is 17.3 Å². The Morgan fingerprint density at radius 3 is 3.00 bits per heavy atom. The number of aryl methyl sites for hydroxylation is 2. The molecule has 0 bridgehead atoms. The van der Waals surface area contributed by atoms with Gasteiger partial charge in [0.1, 0.15) is 17.0 Å². The minimum atomic E-state index is -0.340. The number of aromatic nitrogens is 3. The highest BCUT2D eigenvalue weighted by atomic mass is 32.1. The lowest BCUT2D eigenvalue weighted by molar-refractivity contribution is 0.386. The predicted octanol–water partition coefficient (Wildman–Crippen LogP) is 4.53. The Kier molecular flexibility index (Phi) is 4.31. The number of anilines is 1. The van der Waals surface area contributed by atoms with Gasteiger partial charge in [0.2, 0.25) is 0 Å². The van der Waals surface area contributed by atoms with Crippen molar-refractivity contribution in [3.05, 3.63) is 53.2 Å². The van der Waals surface area contributed by atoms with E-state index in [0.29, 0.717) is 13.0 Å². The van der Waals surface area contributed by atoms with Crippen LogP contribution >= 0.6 is 11.3 Å². The van der Waals surface area contributed by atoms with E-state index in [1.165, 1.54) is 30.9 Å². The summed E-state index contributed by atoms with van der Waals surface area (Å²) in [6.45, 7) is 0.649. The van der Waals surface area contributed by atoms with Gasteiger partial charge in [0.15, 0.2) is 11.6 Å². The second-order valence-corrected chi connectivity index (χ2v) is 7.95. The number of nitrogens with one attached hydrogen (secondary N) is 1. The van der Waals surface area contributed by atoms with Crippen LogP contribution in [0.15, 0.2) is 30.6 Å². The number of methoxy groups -OCH3 is 1. The maximum absolute atomic E-state index is 13.9. The maximum Gasteiger partial charge on any atom is 0.165 e. The molecule has 1 aliphatic carbocycles. The van der Waals surface area contributed by atoms with Gasteiger partial charge in [-0.1, -0.05) is 6.07 Å². The van der Waals surface area contributed by atoms with E-state index < -0.39 is 0 Å². The summed E-state index contributed by atoms with van der Waals surface area (Å²) >= 11 is 1.63. The van der Waals surface area contributed by atoms with Crippen LogP contribution in [-0.4, -0.2) is 28.6 Å². The molecule has 28 heavy (non-hydrogen) atoms. The van der Waals surface area contributed by atoms with Gasteiger partial charge in [-0.2, -0.15) is 0 Å². The van der Waals surface area contributed by atoms with Crippen LogP contribution in [0.3, 0.4) is 0 Å². The highest BCUT2D eigenvalue weighted by Gasteiger charge is 2.18. The van der Waals surface area contributed by atoms with Crippen LogP contribution in [0.25, 0.3) is 20.4 Å². The Bertz CT molecular complexity index is 1190. The van der Waals surface area contributed by atoms with Crippen molar-refractivity contribution >= 4 is 37.6 Å². The van der Waals surface area contributed by atoms with Gasteiger partial charge >= 0.3 is 0 Å². The molecule has 0 amide bonds. The molecule has 1 aromatic carbocycles. The number of hydrogen-bond donors (Lipinski definition) is 1. The van der Waals surface area contributed by atoms with E-state index in [2.05, 4.69) is 21.4 Å². The Labute approximate surface area is 165 Å². The van der Waals surface area contributed by atoms with E-state index >= 15 is 0 Å². The Hall–Kier alpha value is -2.80. The number of thiophene rings is 1. The van der Waals surface area contributed by atoms with Crippen molar-refractivity contribution in [2.24, 2.45) is 0 Å². The zero-order valence-electron chi connectivity index (χ0n) is 15.5. The van der Waals surface area contributed by atoms with E-state index in [4.69, 9.17) is 9.72 Å². The average molecular weight is 394 g/mol. The smallest absolute Gasteiger partial charge is 0.165 e. The number of rotatable bonds is 5. The van der Waals surface area contributed by atoms with Crippen molar-refractivity contribution in [2.45, 2.75) is 25.7 Å². The number of nitrogens with zero attached hydrogens (tertiary/aromatic N) is 3. The van der Waals surface area contributed by atoms with Gasteiger partial charge in [-0.3, -0.25) is 0 Å². The first-order chi connectivity index (χ1) is 13.7. The molecule has 0 spiro atoms. The third kappa shape index (κ3) is 2.96. The van der Waals surface area contributed by atoms with Crippen molar-refractivity contribution in [1.29, 1.82) is 0 Å². The molecule has 142 valence electrons. The molecular weight excluding hydrogens is 375 g/mol. The minimum Gasteiger partial charge on any atom is -0.494 e. The first kappa shape index (κ1) is 17.3. The SMILES string of the molecule is COc1ccc(CCNc2ncnc3c2sc2nc4c(cc23)CCC4)cc1F. The van der Waals surface area contributed by atoms with Crippen molar-refractivity contribution in [2.75, 3.05) is 19.0 Å². The molecule has 0 fully saturated rings. The van der Waals surface area contributed by atoms with Crippen molar-refractivity contribution < 1.29 is 9.13 Å². The Balaban J connectivity index is 1.40. The fourth-order valence-electron chi connectivity index (χ4n) is 3.78. The molecule has 0 saturated heterocycles. The van der Waals surface area contributed by atoms with Gasteiger partial charge in [-0.15, -0.1) is 11.3 Å². The van der Waals surface area contributed by atoms with Crippen LogP contribution in [0, 0.1) is 5.82 Å². The summed E-state index contributed by atoms with van der Waals surface area (Å²) in [5.74, 6) is 0.731. The lowest BCUT2D eigenvalue weighted by atomic mass is 10.1. The summed E-state index contributed by atoms with van der Waals surface area (Å²) in [4.78, 5) is 14.8. The zero-order chi connectivity index (χ0) is 19.1. The summed E-state index contributed by atoms with van der Waals surface area (Å²) in [5.41, 5.74) is 4.44. The van der Waals surface area contributed by atoms with Gasteiger partial charge < -0.3 is 10.1 Å². The number of benzene rings is 1. The molecule has 5 rings (SSSR count). The molecule has 0 aliphatic heterocycles. The lowest BCUT2D eigenvalue weighted by Crippen LogP contribution is -2.07. The molecule has 0 radical (unpaired) electrons. The van der Waals surface area contributed by atoms with E-state index in [-0.39, 0.29) is 11.6 Å². The normalized spacial score (nSPS) is 13.2. The maximum atomic E-state index is 13.9. The Morgan fingerprint density at radius 2 is 2.14 bits per heavy atom. The van der Waals surface area contributed by atoms with Gasteiger partial charge in [0.25, 0.3) is 0 Å². The molecule has 3 heterocycles. The minimum absolute atomic E-state index is 0.263. The monoisotopic (exact) mass is 394 g/mol. The summed E-state index contributed by atoms with van der Waals surface area (Å²) in [7, 11) is 1.47. The topological polar surface area (TPSA) is 59.9 Å². The number of fused-ring (bicyclic) bond motifs is 4. The van der Waals surface area contributed by atoms with Crippen LogP contribution < -0.4 is 10.1 Å². The first-order valence-electron chi connectivity index (χ1n) is 9.35. The standard InChI is InChI=1S/C21H19FN4OS/c1-27-17-6-5-12(9-15(17)22)7-8-23-20-19-18(24-11-25-20)14-10-13-3-2-4-16(13)26-21(14)28-19/h5-6,9-11H,2-4,7-8H2,1H3,(H,23,24,25). The highest BCUT2D eigenvalue weighted by Crippen LogP contribution is 2.37. The summed E-state index contributed by atoms with van der Waals surface area (Å²) in [6.07, 6.45) is 5.63. The second-order valence-electron chi connectivity index (χ2n) is 6.95. The third-order valence-electron chi connectivity index (χ3n) is 5.20. The van der Waals surface area contributed by atoms with Gasteiger partial charge in [0, 0.05) is 17.6 Å². The lowest BCUT2D eigenvalue weighted by Gasteiger charge is -2.08. The Morgan fingerprint density at radius 1 is 1.21 bits per heavy atom. The molecule has 0 unspecified atom stereocenters. The van der Waals surface area contributed by atoms with E-state index in [0.717, 1.165) is 44.7 Å². The van der Waals surface area contributed by atoms with E-state index in [9.17, 15) is 4.39 Å². The molecule has 7 heteroatoms. The zero-order valence-corrected chi connectivity index (χ0v) is 16.3. The highest BCUT2D eigenvalue weighted by molar-refractivity contribution is 7.25. The molecule has 0 saturated carbocycles. The molecule has 3 aromatic heterocycles. The van der Waals surface area contributed by atoms with Gasteiger partial charge in [-0.25, -0.2) is 19.3 Å². The summed E-state index contributed by atoms with van der Waals surface area (Å²) < 4.78 is 19.8. The largest absolute Gasteiger partial charge is 0.494 e. The van der Waals surface area contributed by atoms with Crippen LogP contribution in [0.2, 0.25) is 0 Å². The second kappa shape index (κ2) is 6.98. The van der Waals surface area contributed by atoms with Crippen LogP contribution in [0.1, 0.15) is 23.2 Å². The third-order valence-corrected chi connectivity index (χ3v) is 6.29. The van der Waals surface area contributed by atoms with E-state index in [1.807, 2.05) is 6.07 Å². The van der Waals surface area contributed by atoms with Gasteiger partial charge in [-0.05, 0) is 55.0 Å². The van der Waals surface area contributed by atoms with Crippen molar-refractivity contribution in [3.8, 4) is 5.75 Å². The molecular formula is C21H19FN4OS. The molecule has 4 aromatic rings.